The molecular weight excluding hydrogens is 558 g/mol. The molecule has 0 heterocycles. The van der Waals surface area contributed by atoms with Crippen LogP contribution in [-0.2, 0) is 14.3 Å². The molecule has 0 amide bonds. The molecule has 0 spiro atoms. The van der Waals surface area contributed by atoms with E-state index < -0.39 is 10.8 Å². The fraction of sp³-hybridized carbons (Fsp3) is 0.811. The van der Waals surface area contributed by atoms with Crippen LogP contribution in [0, 0.1) is 45.8 Å². The number of aliphatic hydroxyl groups is 1. The Kier molecular flexibility index (Phi) is 21.0. The van der Waals surface area contributed by atoms with Gasteiger partial charge in [0.05, 0.1) is 11.7 Å². The topological polar surface area (TPSA) is 87.4 Å². The summed E-state index contributed by atoms with van der Waals surface area (Å²) in [6.45, 7) is 33.6. The van der Waals surface area contributed by atoms with Gasteiger partial charge in [-0.05, 0) is 139 Å². The minimum absolute atomic E-state index is 0. The molecule has 2 aliphatic carbocycles. The van der Waals surface area contributed by atoms with Gasteiger partial charge >= 0.3 is 5.97 Å². The number of hydrogen-bond donors (Lipinski definition) is 1. The van der Waals surface area contributed by atoms with E-state index >= 15 is 0 Å². The summed E-state index contributed by atoms with van der Waals surface area (Å²) in [5, 5.41) is 16.8. The Morgan fingerprint density at radius 2 is 0.977 bits per heavy atom. The highest BCUT2D eigenvalue weighted by Crippen LogP contribution is 2.44. The molecule has 0 unspecified atom stereocenters. The Bertz CT molecular complexity index is 859. The summed E-state index contributed by atoms with van der Waals surface area (Å²) < 4.78 is 5.62. The second-order valence-electron chi connectivity index (χ2n) is 15.5. The van der Waals surface area contributed by atoms with Crippen molar-refractivity contribution in [2.24, 2.45) is 34.5 Å². The minimum atomic E-state index is -0.469. The molecule has 0 aromatic rings. The van der Waals surface area contributed by atoms with E-state index in [4.69, 9.17) is 21.6 Å². The maximum atomic E-state index is 11.7. The summed E-state index contributed by atoms with van der Waals surface area (Å²) in [5.74, 6) is 2.36. The van der Waals surface area contributed by atoms with Crippen molar-refractivity contribution < 1.29 is 19.4 Å². The highest BCUT2D eigenvalue weighted by atomic mass is 35.5. The van der Waals surface area contributed by atoms with Gasteiger partial charge in [0.2, 0.25) is 5.24 Å². The van der Waals surface area contributed by atoms with E-state index in [2.05, 4.69) is 54.7 Å². The molecule has 0 bridgehead atoms. The first-order valence-electron chi connectivity index (χ1n) is 15.6. The number of rotatable bonds is 5. The van der Waals surface area contributed by atoms with Crippen molar-refractivity contribution in [1.82, 2.24) is 0 Å². The number of carbonyl (C=O) groups excluding carboxylic acids is 2. The van der Waals surface area contributed by atoms with Gasteiger partial charge in [-0.2, -0.15) is 5.26 Å². The van der Waals surface area contributed by atoms with Crippen molar-refractivity contribution in [3.63, 3.8) is 0 Å². The smallest absolute Gasteiger partial charge is 0.333 e. The number of nitrogens with zero attached hydrogens (tertiary/aromatic N) is 1. The SMILES string of the molecule is C.C=C(C)C(=O)Cl.C=C(C)C(=O)OC(C)(C)C1CCC(C(C)(C)C)CC1.CC#N.CC(C)(C)C1CCC(C(C)(C)O)CC1. The average Bonchev–Trinajstić information content (AvgIpc) is 2.83. The van der Waals surface area contributed by atoms with Gasteiger partial charge in [0.25, 0.3) is 0 Å². The molecule has 2 rings (SSSR count). The average molecular weight is 626 g/mol. The molecule has 2 aliphatic rings. The Morgan fingerprint density at radius 1 is 0.721 bits per heavy atom. The standard InChI is InChI=1S/C17H30O2.C13H26O.C4H5ClO.C2H3N.CH4/c1-12(2)15(18)19-17(6,7)14-10-8-13(9-11-14)16(3,4)5;1-12(2,3)10-6-8-11(9-7-10)13(4,5)14;1-3(2)4(5)6;1-2-3;/h13-14H,1,8-11H2,2-7H3;10-11,14H,6-9H2,1-5H3;1H2,2H3;1H3;1H4. The van der Waals surface area contributed by atoms with Crippen molar-refractivity contribution in [3.8, 4) is 6.07 Å². The lowest BCUT2D eigenvalue weighted by Crippen LogP contribution is -2.40. The second kappa shape index (κ2) is 19.7. The van der Waals surface area contributed by atoms with Crippen LogP contribution in [0.1, 0.15) is 149 Å². The fourth-order valence-electron chi connectivity index (χ4n) is 5.73. The van der Waals surface area contributed by atoms with Gasteiger partial charge in [0, 0.05) is 18.1 Å². The van der Waals surface area contributed by atoms with E-state index in [1.54, 1.807) is 19.9 Å². The van der Waals surface area contributed by atoms with Crippen molar-refractivity contribution in [1.29, 1.82) is 5.26 Å². The van der Waals surface area contributed by atoms with Crippen LogP contribution in [-0.4, -0.2) is 27.5 Å². The van der Waals surface area contributed by atoms with Gasteiger partial charge in [-0.15, -0.1) is 0 Å². The van der Waals surface area contributed by atoms with Gasteiger partial charge in [0.1, 0.15) is 5.60 Å². The number of esters is 1. The van der Waals surface area contributed by atoms with E-state index in [0.29, 0.717) is 33.8 Å². The van der Waals surface area contributed by atoms with Crippen molar-refractivity contribution >= 4 is 22.8 Å². The van der Waals surface area contributed by atoms with E-state index in [1.165, 1.54) is 45.4 Å². The Labute approximate surface area is 271 Å². The molecule has 0 saturated heterocycles. The number of carbonyl (C=O) groups is 2. The number of ether oxygens (including phenoxy) is 1. The van der Waals surface area contributed by atoms with E-state index in [0.717, 1.165) is 24.7 Å². The molecule has 0 aromatic carbocycles. The molecule has 0 aliphatic heterocycles. The lowest BCUT2D eigenvalue weighted by atomic mass is 9.67. The third-order valence-corrected chi connectivity index (χ3v) is 9.25. The predicted octanol–water partition coefficient (Wildman–Crippen LogP) is 10.8. The Hall–Kier alpha value is -1.64. The van der Waals surface area contributed by atoms with E-state index in [9.17, 15) is 14.7 Å². The fourth-order valence-corrected chi connectivity index (χ4v) is 5.73. The van der Waals surface area contributed by atoms with Gasteiger partial charge < -0.3 is 9.84 Å². The molecule has 1 N–H and O–H groups in total. The minimum Gasteiger partial charge on any atom is -0.456 e. The summed E-state index contributed by atoms with van der Waals surface area (Å²) in [6.07, 6.45) is 9.76. The van der Waals surface area contributed by atoms with Crippen LogP contribution in [0.15, 0.2) is 24.3 Å². The Balaban J connectivity index is -0.000000584. The molecule has 6 heteroatoms. The van der Waals surface area contributed by atoms with Crippen LogP contribution in [0.25, 0.3) is 0 Å². The summed E-state index contributed by atoms with van der Waals surface area (Å²) in [6, 6.07) is 1.75. The lowest BCUT2D eigenvalue weighted by Gasteiger charge is -2.42. The zero-order valence-corrected chi connectivity index (χ0v) is 30.1. The zero-order valence-electron chi connectivity index (χ0n) is 29.4. The predicted molar refractivity (Wildman–Crippen MR) is 185 cm³/mol. The van der Waals surface area contributed by atoms with Gasteiger partial charge in [-0.1, -0.05) is 62.1 Å². The third-order valence-electron chi connectivity index (χ3n) is 8.93. The monoisotopic (exact) mass is 625 g/mol. The highest BCUT2D eigenvalue weighted by molar-refractivity contribution is 6.67. The molecular formula is C37H68ClNO4. The summed E-state index contributed by atoms with van der Waals surface area (Å²) in [4.78, 5) is 21.5. The first-order valence-corrected chi connectivity index (χ1v) is 16.0. The van der Waals surface area contributed by atoms with Crippen LogP contribution >= 0.6 is 11.6 Å². The van der Waals surface area contributed by atoms with Crippen LogP contribution in [0.5, 0.6) is 0 Å². The van der Waals surface area contributed by atoms with Crippen molar-refractivity contribution in [3.05, 3.63) is 24.3 Å². The Morgan fingerprint density at radius 3 is 1.19 bits per heavy atom. The molecule has 5 nitrogen and oxygen atoms in total. The number of allylic oxidation sites excluding steroid dienone is 1. The van der Waals surface area contributed by atoms with Gasteiger partial charge in [0.15, 0.2) is 0 Å². The largest absolute Gasteiger partial charge is 0.456 e. The van der Waals surface area contributed by atoms with Crippen LogP contribution < -0.4 is 0 Å². The number of halogens is 1. The molecule has 2 fully saturated rings. The van der Waals surface area contributed by atoms with Gasteiger partial charge in [-0.3, -0.25) is 4.79 Å². The summed E-state index contributed by atoms with van der Waals surface area (Å²) >= 11 is 4.87. The maximum Gasteiger partial charge on any atom is 0.333 e. The number of hydrogen-bond acceptors (Lipinski definition) is 5. The van der Waals surface area contributed by atoms with Crippen molar-refractivity contribution in [2.75, 3.05) is 0 Å². The molecule has 0 aromatic heterocycles. The third kappa shape index (κ3) is 19.4. The quantitative estimate of drug-likeness (QED) is 0.186. The zero-order chi connectivity index (χ0) is 33.7. The first-order chi connectivity index (χ1) is 18.8. The first kappa shape index (κ1) is 45.8. The summed E-state index contributed by atoms with van der Waals surface area (Å²) in [5.41, 5.74) is 0.864. The highest BCUT2D eigenvalue weighted by Gasteiger charge is 2.39. The molecule has 0 radical (unpaired) electrons. The van der Waals surface area contributed by atoms with Crippen molar-refractivity contribution in [2.45, 2.75) is 160 Å². The number of nitriles is 1. The summed E-state index contributed by atoms with van der Waals surface area (Å²) in [7, 11) is 0. The van der Waals surface area contributed by atoms with E-state index in [1.807, 2.05) is 27.7 Å². The van der Waals surface area contributed by atoms with Gasteiger partial charge in [-0.25, -0.2) is 4.79 Å². The molecule has 2 saturated carbocycles. The molecule has 252 valence electrons. The maximum absolute atomic E-state index is 11.7. The lowest BCUT2D eigenvalue weighted by molar-refractivity contribution is -0.158. The van der Waals surface area contributed by atoms with Crippen LogP contribution in [0.3, 0.4) is 0 Å². The normalized spacial score (nSPS) is 22.2. The second-order valence-corrected chi connectivity index (χ2v) is 15.9. The van der Waals surface area contributed by atoms with E-state index in [-0.39, 0.29) is 19.0 Å². The molecule has 43 heavy (non-hydrogen) atoms. The van der Waals surface area contributed by atoms with Crippen LogP contribution in [0.4, 0.5) is 0 Å². The molecule has 0 atom stereocenters. The van der Waals surface area contributed by atoms with Crippen LogP contribution in [0.2, 0.25) is 0 Å².